The van der Waals surface area contributed by atoms with Crippen LogP contribution >= 0.6 is 0 Å². The summed E-state index contributed by atoms with van der Waals surface area (Å²) in [6.07, 6.45) is 1.12. The third kappa shape index (κ3) is 2.24. The number of hydrogen-bond donors (Lipinski definition) is 1. The molecule has 1 heterocycles. The lowest BCUT2D eigenvalue weighted by Crippen LogP contribution is -2.31. The minimum absolute atomic E-state index is 0.606. The highest BCUT2D eigenvalue weighted by Crippen LogP contribution is 2.30. The van der Waals surface area contributed by atoms with Crippen molar-refractivity contribution in [1.29, 1.82) is 0 Å². The van der Waals surface area contributed by atoms with Gasteiger partial charge in [0.2, 0.25) is 0 Å². The first-order valence-corrected chi connectivity index (χ1v) is 6.90. The van der Waals surface area contributed by atoms with Crippen molar-refractivity contribution in [3.8, 4) is 0 Å². The minimum atomic E-state index is 0.606. The van der Waals surface area contributed by atoms with E-state index < -0.39 is 0 Å². The number of anilines is 1. The van der Waals surface area contributed by atoms with E-state index in [1.54, 1.807) is 0 Å². The molecule has 1 aliphatic rings. The Hall–Kier alpha value is -1.80. The molecule has 2 nitrogen and oxygen atoms in total. The summed E-state index contributed by atoms with van der Waals surface area (Å²) in [5.41, 5.74) is 12.7. The molecule has 0 radical (unpaired) electrons. The van der Waals surface area contributed by atoms with E-state index in [0.29, 0.717) is 6.54 Å². The number of nitrogens with zero attached hydrogens (tertiary/aromatic N) is 1. The van der Waals surface area contributed by atoms with E-state index in [1.165, 1.54) is 27.9 Å². The molecular formula is C17H20N2. The molecule has 2 heteroatoms. The first kappa shape index (κ1) is 12.2. The highest BCUT2D eigenvalue weighted by Gasteiger charge is 2.19. The van der Waals surface area contributed by atoms with E-state index in [4.69, 9.17) is 5.73 Å². The van der Waals surface area contributed by atoms with Crippen LogP contribution in [-0.4, -0.2) is 6.54 Å². The van der Waals surface area contributed by atoms with Crippen LogP contribution in [0.1, 0.15) is 22.3 Å². The Balaban J connectivity index is 1.97. The predicted molar refractivity (Wildman–Crippen MR) is 80.3 cm³/mol. The summed E-state index contributed by atoms with van der Waals surface area (Å²) in [4.78, 5) is 2.47. The number of rotatable bonds is 2. The quantitative estimate of drug-likeness (QED) is 0.890. The summed E-state index contributed by atoms with van der Waals surface area (Å²) in [7, 11) is 0. The van der Waals surface area contributed by atoms with Crippen molar-refractivity contribution >= 4 is 5.69 Å². The summed E-state index contributed by atoms with van der Waals surface area (Å²) in [6, 6.07) is 15.2. The molecule has 1 aliphatic heterocycles. The Morgan fingerprint density at radius 3 is 2.63 bits per heavy atom. The van der Waals surface area contributed by atoms with Crippen molar-refractivity contribution in [2.45, 2.75) is 26.4 Å². The van der Waals surface area contributed by atoms with E-state index in [-0.39, 0.29) is 0 Å². The zero-order valence-electron chi connectivity index (χ0n) is 11.4. The average Bonchev–Trinajstić information content (AvgIpc) is 2.46. The Kier molecular flexibility index (Phi) is 3.26. The smallest absolute Gasteiger partial charge is 0.0444 e. The second kappa shape index (κ2) is 5.06. The van der Waals surface area contributed by atoms with Gasteiger partial charge in [-0.3, -0.25) is 0 Å². The van der Waals surface area contributed by atoms with Gasteiger partial charge in [-0.15, -0.1) is 0 Å². The van der Waals surface area contributed by atoms with Crippen LogP contribution in [-0.2, 0) is 19.5 Å². The molecule has 0 atom stereocenters. The lowest BCUT2D eigenvalue weighted by Gasteiger charge is -2.33. The van der Waals surface area contributed by atoms with Crippen molar-refractivity contribution in [3.05, 3.63) is 64.7 Å². The minimum Gasteiger partial charge on any atom is -0.366 e. The van der Waals surface area contributed by atoms with Gasteiger partial charge in [0.15, 0.2) is 0 Å². The Morgan fingerprint density at radius 2 is 1.84 bits per heavy atom. The molecule has 0 aliphatic carbocycles. The summed E-state index contributed by atoms with van der Waals surface area (Å²) in [5, 5.41) is 0. The maximum absolute atomic E-state index is 5.89. The maximum Gasteiger partial charge on any atom is 0.0444 e. The van der Waals surface area contributed by atoms with Gasteiger partial charge in [-0.1, -0.05) is 42.5 Å². The van der Waals surface area contributed by atoms with Crippen molar-refractivity contribution in [2.24, 2.45) is 5.73 Å². The summed E-state index contributed by atoms with van der Waals surface area (Å²) in [6.45, 7) is 4.85. The fraction of sp³-hybridized carbons (Fsp3) is 0.294. The van der Waals surface area contributed by atoms with Gasteiger partial charge < -0.3 is 10.6 Å². The Bertz CT molecular complexity index is 590. The standard InChI is InChI=1S/C17H20N2/c1-13-5-4-8-15(11-18)17(13)19-10-9-14-6-2-3-7-16(14)12-19/h2-8H,9-12,18H2,1H3. The molecule has 0 aromatic heterocycles. The second-order valence-electron chi connectivity index (χ2n) is 5.23. The normalized spacial score (nSPS) is 14.3. The molecule has 0 bridgehead atoms. The first-order chi connectivity index (χ1) is 9.29. The third-order valence-corrected chi connectivity index (χ3v) is 3.99. The zero-order chi connectivity index (χ0) is 13.2. The van der Waals surface area contributed by atoms with Gasteiger partial charge >= 0.3 is 0 Å². The van der Waals surface area contributed by atoms with E-state index >= 15 is 0 Å². The summed E-state index contributed by atoms with van der Waals surface area (Å²) < 4.78 is 0. The fourth-order valence-corrected chi connectivity index (χ4v) is 3.02. The molecular weight excluding hydrogens is 232 g/mol. The van der Waals surface area contributed by atoms with Crippen LogP contribution in [0.3, 0.4) is 0 Å². The largest absolute Gasteiger partial charge is 0.366 e. The number of fused-ring (bicyclic) bond motifs is 1. The van der Waals surface area contributed by atoms with Gasteiger partial charge in [-0.25, -0.2) is 0 Å². The fourth-order valence-electron chi connectivity index (χ4n) is 3.02. The van der Waals surface area contributed by atoms with Crippen LogP contribution in [0, 0.1) is 6.92 Å². The Morgan fingerprint density at radius 1 is 1.05 bits per heavy atom. The molecule has 98 valence electrons. The monoisotopic (exact) mass is 252 g/mol. The molecule has 0 unspecified atom stereocenters. The predicted octanol–water partition coefficient (Wildman–Crippen LogP) is 3.02. The summed E-state index contributed by atoms with van der Waals surface area (Å²) in [5.74, 6) is 0. The van der Waals surface area contributed by atoms with Crippen molar-refractivity contribution in [3.63, 3.8) is 0 Å². The SMILES string of the molecule is Cc1cccc(CN)c1N1CCc2ccccc2C1. The van der Waals surface area contributed by atoms with E-state index in [2.05, 4.69) is 54.3 Å². The lowest BCUT2D eigenvalue weighted by molar-refractivity contribution is 0.724. The number of benzene rings is 2. The topological polar surface area (TPSA) is 29.3 Å². The molecule has 2 aromatic rings. The van der Waals surface area contributed by atoms with Crippen LogP contribution < -0.4 is 10.6 Å². The van der Waals surface area contributed by atoms with Crippen molar-refractivity contribution < 1.29 is 0 Å². The number of aryl methyl sites for hydroxylation is 1. The molecule has 0 saturated carbocycles. The van der Waals surface area contributed by atoms with Gasteiger partial charge in [-0.05, 0) is 35.6 Å². The lowest BCUT2D eigenvalue weighted by atomic mass is 9.97. The molecule has 0 fully saturated rings. The van der Waals surface area contributed by atoms with Crippen LogP contribution in [0.4, 0.5) is 5.69 Å². The highest BCUT2D eigenvalue weighted by atomic mass is 15.1. The third-order valence-electron chi connectivity index (χ3n) is 3.99. The van der Waals surface area contributed by atoms with E-state index in [0.717, 1.165) is 19.5 Å². The molecule has 3 rings (SSSR count). The van der Waals surface area contributed by atoms with Crippen LogP contribution in [0.2, 0.25) is 0 Å². The highest BCUT2D eigenvalue weighted by molar-refractivity contribution is 5.60. The Labute approximate surface area is 114 Å². The molecule has 19 heavy (non-hydrogen) atoms. The second-order valence-corrected chi connectivity index (χ2v) is 5.23. The van der Waals surface area contributed by atoms with Crippen LogP contribution in [0.25, 0.3) is 0 Å². The molecule has 0 saturated heterocycles. The average molecular weight is 252 g/mol. The molecule has 2 aromatic carbocycles. The van der Waals surface area contributed by atoms with Crippen LogP contribution in [0.15, 0.2) is 42.5 Å². The van der Waals surface area contributed by atoms with E-state index in [1.807, 2.05) is 0 Å². The first-order valence-electron chi connectivity index (χ1n) is 6.90. The van der Waals surface area contributed by atoms with Gasteiger partial charge in [0.25, 0.3) is 0 Å². The van der Waals surface area contributed by atoms with Gasteiger partial charge in [0.05, 0.1) is 0 Å². The zero-order valence-corrected chi connectivity index (χ0v) is 11.4. The summed E-state index contributed by atoms with van der Waals surface area (Å²) >= 11 is 0. The number of nitrogens with two attached hydrogens (primary N) is 1. The van der Waals surface area contributed by atoms with Crippen molar-refractivity contribution in [2.75, 3.05) is 11.4 Å². The van der Waals surface area contributed by atoms with Gasteiger partial charge in [-0.2, -0.15) is 0 Å². The number of hydrogen-bond acceptors (Lipinski definition) is 2. The van der Waals surface area contributed by atoms with Crippen molar-refractivity contribution in [1.82, 2.24) is 0 Å². The van der Waals surface area contributed by atoms with Gasteiger partial charge in [0.1, 0.15) is 0 Å². The van der Waals surface area contributed by atoms with Crippen LogP contribution in [0.5, 0.6) is 0 Å². The molecule has 2 N–H and O–H groups in total. The van der Waals surface area contributed by atoms with E-state index in [9.17, 15) is 0 Å². The number of para-hydroxylation sites is 1. The van der Waals surface area contributed by atoms with Gasteiger partial charge in [0, 0.05) is 25.3 Å². The molecule has 0 amide bonds. The maximum atomic E-state index is 5.89. The molecule has 0 spiro atoms.